The summed E-state index contributed by atoms with van der Waals surface area (Å²) >= 11 is 6.14. The molecule has 25 heavy (non-hydrogen) atoms. The lowest BCUT2D eigenvalue weighted by atomic mass is 9.88. The fraction of sp³-hybridized carbons (Fsp3) is 0.211. The predicted molar refractivity (Wildman–Crippen MR) is 97.3 cm³/mol. The van der Waals surface area contributed by atoms with E-state index in [0.29, 0.717) is 23.8 Å². The highest BCUT2D eigenvalue weighted by molar-refractivity contribution is 6.30. The highest BCUT2D eigenvalue weighted by Gasteiger charge is 2.18. The lowest BCUT2D eigenvalue weighted by molar-refractivity contribution is -0.121. The van der Waals surface area contributed by atoms with Gasteiger partial charge in [-0.15, -0.1) is 0 Å². The van der Waals surface area contributed by atoms with Crippen LogP contribution in [0.1, 0.15) is 35.1 Å². The van der Waals surface area contributed by atoms with Gasteiger partial charge in [0, 0.05) is 17.4 Å². The van der Waals surface area contributed by atoms with Crippen LogP contribution < -0.4 is 5.32 Å². The number of nitrogens with one attached hydrogen (secondary N) is 2. The zero-order chi connectivity index (χ0) is 17.6. The van der Waals surface area contributed by atoms with Gasteiger partial charge in [-0.2, -0.15) is 5.10 Å². The number of H-pyrrole nitrogens is 1. The first kappa shape index (κ1) is 17.2. The van der Waals surface area contributed by atoms with Gasteiger partial charge in [0.15, 0.2) is 5.82 Å². The second-order valence-corrected chi connectivity index (χ2v) is 6.27. The third-order valence-corrected chi connectivity index (χ3v) is 4.16. The molecule has 0 saturated carbocycles. The van der Waals surface area contributed by atoms with E-state index in [0.717, 1.165) is 17.0 Å². The fourth-order valence-corrected chi connectivity index (χ4v) is 2.94. The first-order chi connectivity index (χ1) is 12.1. The molecule has 2 aromatic carbocycles. The molecule has 3 rings (SSSR count). The van der Waals surface area contributed by atoms with Crippen molar-refractivity contribution in [2.75, 3.05) is 0 Å². The van der Waals surface area contributed by atoms with Gasteiger partial charge in [0.25, 0.3) is 0 Å². The Morgan fingerprint density at radius 2 is 1.92 bits per heavy atom. The highest BCUT2D eigenvalue weighted by Crippen LogP contribution is 2.29. The van der Waals surface area contributed by atoms with Gasteiger partial charge in [-0.05, 0) is 30.2 Å². The van der Waals surface area contributed by atoms with Crippen molar-refractivity contribution in [2.24, 2.45) is 0 Å². The van der Waals surface area contributed by atoms with Gasteiger partial charge in [-0.3, -0.25) is 9.89 Å². The van der Waals surface area contributed by atoms with Crippen molar-refractivity contribution in [3.05, 3.63) is 82.4 Å². The first-order valence-electron chi connectivity index (χ1n) is 8.07. The Bertz CT molecular complexity index is 847. The molecule has 1 atom stereocenters. The quantitative estimate of drug-likeness (QED) is 0.710. The van der Waals surface area contributed by atoms with Crippen LogP contribution in [0.15, 0.2) is 54.6 Å². The van der Waals surface area contributed by atoms with E-state index in [9.17, 15) is 4.79 Å². The normalized spacial score (nSPS) is 11.9. The van der Waals surface area contributed by atoms with Crippen LogP contribution in [0.5, 0.6) is 0 Å². The molecule has 0 spiro atoms. The molecule has 0 aliphatic rings. The molecule has 2 N–H and O–H groups in total. The third kappa shape index (κ3) is 4.67. The molecule has 0 unspecified atom stereocenters. The zero-order valence-corrected chi connectivity index (χ0v) is 14.6. The number of halogens is 1. The fourth-order valence-electron chi connectivity index (χ4n) is 2.74. The minimum atomic E-state index is -0.0613. The molecule has 5 nitrogen and oxygen atoms in total. The van der Waals surface area contributed by atoms with Crippen molar-refractivity contribution in [3.63, 3.8) is 0 Å². The molecule has 0 aliphatic heterocycles. The summed E-state index contributed by atoms with van der Waals surface area (Å²) in [4.78, 5) is 16.6. The monoisotopic (exact) mass is 354 g/mol. The van der Waals surface area contributed by atoms with Crippen LogP contribution in [0.3, 0.4) is 0 Å². The lowest BCUT2D eigenvalue weighted by Crippen LogP contribution is -2.25. The van der Waals surface area contributed by atoms with E-state index in [1.807, 2.05) is 61.5 Å². The van der Waals surface area contributed by atoms with E-state index < -0.39 is 0 Å². The van der Waals surface area contributed by atoms with Crippen molar-refractivity contribution in [2.45, 2.75) is 25.8 Å². The molecule has 6 heteroatoms. The number of aromatic amines is 1. The standard InChI is InChI=1S/C19H19ClN4O/c1-13-22-18(24-23-13)12-21-19(25)11-17(14-6-3-2-4-7-14)15-8-5-9-16(20)10-15/h2-10,17H,11-12H2,1H3,(H,21,25)(H,22,23,24)/t17-/m1/s1. The number of rotatable bonds is 6. The second kappa shape index (κ2) is 7.94. The minimum Gasteiger partial charge on any atom is -0.349 e. The number of hydrogen-bond donors (Lipinski definition) is 2. The van der Waals surface area contributed by atoms with Crippen LogP contribution in [-0.4, -0.2) is 21.1 Å². The van der Waals surface area contributed by atoms with Crippen LogP contribution in [0.2, 0.25) is 5.02 Å². The topological polar surface area (TPSA) is 70.7 Å². The van der Waals surface area contributed by atoms with Crippen molar-refractivity contribution >= 4 is 17.5 Å². The number of aryl methyl sites for hydroxylation is 1. The Balaban J connectivity index is 1.74. The van der Waals surface area contributed by atoms with E-state index >= 15 is 0 Å². The number of carbonyl (C=O) groups is 1. The molecular weight excluding hydrogens is 336 g/mol. The minimum absolute atomic E-state index is 0.0590. The molecule has 3 aromatic rings. The lowest BCUT2D eigenvalue weighted by Gasteiger charge is -2.18. The second-order valence-electron chi connectivity index (χ2n) is 5.84. The maximum absolute atomic E-state index is 12.5. The predicted octanol–water partition coefficient (Wildman–Crippen LogP) is 3.60. The molecule has 1 amide bonds. The Morgan fingerprint density at radius 3 is 2.60 bits per heavy atom. The summed E-state index contributed by atoms with van der Waals surface area (Å²) in [6.45, 7) is 2.13. The average molecular weight is 355 g/mol. The van der Waals surface area contributed by atoms with Crippen LogP contribution in [-0.2, 0) is 11.3 Å². The van der Waals surface area contributed by atoms with Gasteiger partial charge in [0.1, 0.15) is 5.82 Å². The maximum Gasteiger partial charge on any atom is 0.221 e. The molecular formula is C19H19ClN4O. The maximum atomic E-state index is 12.5. The number of benzene rings is 2. The molecule has 1 aromatic heterocycles. The Morgan fingerprint density at radius 1 is 1.16 bits per heavy atom. The molecule has 1 heterocycles. The van der Waals surface area contributed by atoms with E-state index in [2.05, 4.69) is 20.5 Å². The summed E-state index contributed by atoms with van der Waals surface area (Å²) in [5.41, 5.74) is 2.09. The molecule has 0 saturated heterocycles. The van der Waals surface area contributed by atoms with Crippen LogP contribution in [0.4, 0.5) is 0 Å². The highest BCUT2D eigenvalue weighted by atomic mass is 35.5. The SMILES string of the molecule is Cc1nc(CNC(=O)C[C@H](c2ccccc2)c2cccc(Cl)c2)n[nH]1. The summed E-state index contributed by atoms with van der Waals surface area (Å²) in [5, 5.41) is 10.3. The van der Waals surface area contributed by atoms with Gasteiger partial charge >= 0.3 is 0 Å². The number of nitrogens with zero attached hydrogens (tertiary/aromatic N) is 2. The van der Waals surface area contributed by atoms with Crippen molar-refractivity contribution < 1.29 is 4.79 Å². The van der Waals surface area contributed by atoms with Gasteiger partial charge in [0.2, 0.25) is 5.91 Å². The molecule has 0 fully saturated rings. The number of carbonyl (C=O) groups excluding carboxylic acids is 1. The van der Waals surface area contributed by atoms with Crippen LogP contribution in [0.25, 0.3) is 0 Å². The third-order valence-electron chi connectivity index (χ3n) is 3.93. The smallest absolute Gasteiger partial charge is 0.221 e. The van der Waals surface area contributed by atoms with E-state index in [1.165, 1.54) is 0 Å². The van der Waals surface area contributed by atoms with Crippen LogP contribution in [0, 0.1) is 6.92 Å². The summed E-state index contributed by atoms with van der Waals surface area (Å²) in [6.07, 6.45) is 0.327. The summed E-state index contributed by atoms with van der Waals surface area (Å²) < 4.78 is 0. The Kier molecular flexibility index (Phi) is 5.46. The van der Waals surface area contributed by atoms with Crippen molar-refractivity contribution in [3.8, 4) is 0 Å². The van der Waals surface area contributed by atoms with E-state index in [4.69, 9.17) is 11.6 Å². The van der Waals surface area contributed by atoms with Gasteiger partial charge in [-0.1, -0.05) is 54.1 Å². The van der Waals surface area contributed by atoms with Gasteiger partial charge < -0.3 is 5.32 Å². The van der Waals surface area contributed by atoms with Crippen molar-refractivity contribution in [1.82, 2.24) is 20.5 Å². The Hall–Kier alpha value is -2.66. The van der Waals surface area contributed by atoms with Gasteiger partial charge in [-0.25, -0.2) is 4.98 Å². The first-order valence-corrected chi connectivity index (χ1v) is 8.44. The average Bonchev–Trinajstić information content (AvgIpc) is 3.04. The summed E-state index contributed by atoms with van der Waals surface area (Å²) in [6, 6.07) is 17.6. The summed E-state index contributed by atoms with van der Waals surface area (Å²) in [5.74, 6) is 1.18. The van der Waals surface area contributed by atoms with Crippen molar-refractivity contribution in [1.29, 1.82) is 0 Å². The number of amides is 1. The number of hydrogen-bond acceptors (Lipinski definition) is 3. The zero-order valence-electron chi connectivity index (χ0n) is 13.9. The summed E-state index contributed by atoms with van der Waals surface area (Å²) in [7, 11) is 0. The molecule has 0 radical (unpaired) electrons. The van der Waals surface area contributed by atoms with Crippen LogP contribution >= 0.6 is 11.6 Å². The molecule has 0 bridgehead atoms. The number of aromatic nitrogens is 3. The van der Waals surface area contributed by atoms with E-state index in [-0.39, 0.29) is 11.8 Å². The molecule has 0 aliphatic carbocycles. The van der Waals surface area contributed by atoms with Gasteiger partial charge in [0.05, 0.1) is 6.54 Å². The van der Waals surface area contributed by atoms with E-state index in [1.54, 1.807) is 0 Å². The Labute approximate surface area is 151 Å². The molecule has 128 valence electrons. The largest absolute Gasteiger partial charge is 0.349 e.